The second-order valence-corrected chi connectivity index (χ2v) is 5.82. The summed E-state index contributed by atoms with van der Waals surface area (Å²) in [6, 6.07) is 15.7. The minimum absolute atomic E-state index is 0.0485. The number of hydrogen-bond donors (Lipinski definition) is 2. The average molecular weight is 354 g/mol. The molecule has 0 aromatic heterocycles. The molecule has 1 unspecified atom stereocenters. The van der Waals surface area contributed by atoms with Crippen LogP contribution in [0.25, 0.3) is 0 Å². The lowest BCUT2D eigenvalue weighted by atomic mass is 10.0. The molecule has 0 aliphatic heterocycles. The summed E-state index contributed by atoms with van der Waals surface area (Å²) in [6.45, 7) is 1.86. The van der Waals surface area contributed by atoms with Crippen molar-refractivity contribution < 1.29 is 19.1 Å². The minimum Gasteiger partial charge on any atom is -0.469 e. The lowest BCUT2D eigenvalue weighted by Crippen LogP contribution is -2.30. The van der Waals surface area contributed by atoms with Gasteiger partial charge in [-0.05, 0) is 23.3 Å². The SMILES string of the molecule is COC(=O)CC(NC(=O)c1ccc(CNC(C)=O)cc1)c1ccccc1. The number of carbonyl (C=O) groups excluding carboxylic acids is 3. The van der Waals surface area contributed by atoms with Crippen LogP contribution in [-0.2, 0) is 20.9 Å². The van der Waals surface area contributed by atoms with E-state index in [1.165, 1.54) is 14.0 Å². The molecule has 2 N–H and O–H groups in total. The van der Waals surface area contributed by atoms with E-state index >= 15 is 0 Å². The van der Waals surface area contributed by atoms with Gasteiger partial charge >= 0.3 is 5.97 Å². The molecule has 136 valence electrons. The number of methoxy groups -OCH3 is 1. The van der Waals surface area contributed by atoms with Crippen molar-refractivity contribution >= 4 is 17.8 Å². The molecule has 6 nitrogen and oxygen atoms in total. The smallest absolute Gasteiger partial charge is 0.307 e. The number of carbonyl (C=O) groups is 3. The zero-order chi connectivity index (χ0) is 18.9. The third-order valence-corrected chi connectivity index (χ3v) is 3.86. The van der Waals surface area contributed by atoms with Crippen molar-refractivity contribution in [3.8, 4) is 0 Å². The molecule has 2 amide bonds. The molecule has 6 heteroatoms. The Kier molecular flexibility index (Phi) is 6.91. The first-order valence-electron chi connectivity index (χ1n) is 8.25. The zero-order valence-electron chi connectivity index (χ0n) is 14.8. The van der Waals surface area contributed by atoms with E-state index in [0.717, 1.165) is 11.1 Å². The molecular weight excluding hydrogens is 332 g/mol. The molecule has 2 rings (SSSR count). The summed E-state index contributed by atoms with van der Waals surface area (Å²) in [5, 5.41) is 5.58. The van der Waals surface area contributed by atoms with Gasteiger partial charge in [0.25, 0.3) is 5.91 Å². The molecule has 0 saturated heterocycles. The number of benzene rings is 2. The number of ether oxygens (including phenoxy) is 1. The Morgan fingerprint density at radius 3 is 2.23 bits per heavy atom. The van der Waals surface area contributed by atoms with Gasteiger partial charge in [0.05, 0.1) is 19.6 Å². The number of nitrogens with one attached hydrogen (secondary N) is 2. The molecule has 1 atom stereocenters. The van der Waals surface area contributed by atoms with Gasteiger partial charge in [-0.1, -0.05) is 42.5 Å². The minimum atomic E-state index is -0.477. The van der Waals surface area contributed by atoms with Gasteiger partial charge in [0.1, 0.15) is 0 Å². The second-order valence-electron chi connectivity index (χ2n) is 5.82. The van der Waals surface area contributed by atoms with E-state index in [0.29, 0.717) is 12.1 Å². The largest absolute Gasteiger partial charge is 0.469 e. The summed E-state index contributed by atoms with van der Waals surface area (Å²) in [5.41, 5.74) is 2.20. The zero-order valence-corrected chi connectivity index (χ0v) is 14.8. The van der Waals surface area contributed by atoms with E-state index in [9.17, 15) is 14.4 Å². The molecule has 0 spiro atoms. The molecule has 0 radical (unpaired) electrons. The standard InChI is InChI=1S/C20H22N2O4/c1-14(23)21-13-15-8-10-17(11-9-15)20(25)22-18(12-19(24)26-2)16-6-4-3-5-7-16/h3-11,18H,12-13H2,1-2H3,(H,21,23)(H,22,25). The fourth-order valence-electron chi connectivity index (χ4n) is 2.43. The lowest BCUT2D eigenvalue weighted by Gasteiger charge is -2.18. The van der Waals surface area contributed by atoms with E-state index in [-0.39, 0.29) is 18.2 Å². The van der Waals surface area contributed by atoms with Crippen LogP contribution in [0.1, 0.15) is 40.9 Å². The van der Waals surface area contributed by atoms with Crippen molar-refractivity contribution in [2.75, 3.05) is 7.11 Å². The van der Waals surface area contributed by atoms with E-state index in [4.69, 9.17) is 4.74 Å². The van der Waals surface area contributed by atoms with E-state index in [1.807, 2.05) is 30.3 Å². The predicted molar refractivity (Wildman–Crippen MR) is 97.2 cm³/mol. The van der Waals surface area contributed by atoms with Crippen LogP contribution in [0.5, 0.6) is 0 Å². The fraction of sp³-hybridized carbons (Fsp3) is 0.250. The van der Waals surface area contributed by atoms with Gasteiger partial charge in [-0.3, -0.25) is 14.4 Å². The Morgan fingerprint density at radius 2 is 1.65 bits per heavy atom. The van der Waals surface area contributed by atoms with Gasteiger partial charge in [-0.15, -0.1) is 0 Å². The third-order valence-electron chi connectivity index (χ3n) is 3.86. The first-order valence-corrected chi connectivity index (χ1v) is 8.25. The maximum atomic E-state index is 12.5. The molecule has 2 aromatic rings. The van der Waals surface area contributed by atoms with Crippen molar-refractivity contribution in [3.63, 3.8) is 0 Å². The molecule has 26 heavy (non-hydrogen) atoms. The van der Waals surface area contributed by atoms with E-state index < -0.39 is 12.0 Å². The van der Waals surface area contributed by atoms with Crippen molar-refractivity contribution in [2.24, 2.45) is 0 Å². The first-order chi connectivity index (χ1) is 12.5. The van der Waals surface area contributed by atoms with Crippen LogP contribution in [0.15, 0.2) is 54.6 Å². The maximum Gasteiger partial charge on any atom is 0.307 e. The molecule has 2 aromatic carbocycles. The molecule has 0 fully saturated rings. The first kappa shape index (κ1) is 19.2. The van der Waals surface area contributed by atoms with Crippen LogP contribution in [-0.4, -0.2) is 24.9 Å². The van der Waals surface area contributed by atoms with Crippen molar-refractivity contribution in [1.29, 1.82) is 0 Å². The van der Waals surface area contributed by atoms with E-state index in [1.54, 1.807) is 24.3 Å². The Bertz CT molecular complexity index is 757. The highest BCUT2D eigenvalue weighted by atomic mass is 16.5. The quantitative estimate of drug-likeness (QED) is 0.748. The number of hydrogen-bond acceptors (Lipinski definition) is 4. The molecule has 0 heterocycles. The summed E-state index contributed by atoms with van der Waals surface area (Å²) in [5.74, 6) is -0.793. The summed E-state index contributed by atoms with van der Waals surface area (Å²) < 4.78 is 4.73. The number of rotatable bonds is 7. The Balaban J connectivity index is 2.08. The van der Waals surface area contributed by atoms with Gasteiger partial charge in [0.2, 0.25) is 5.91 Å². The van der Waals surface area contributed by atoms with Crippen LogP contribution < -0.4 is 10.6 Å². The Labute approximate surface area is 152 Å². The summed E-state index contributed by atoms with van der Waals surface area (Å²) >= 11 is 0. The van der Waals surface area contributed by atoms with Crippen LogP contribution in [0, 0.1) is 0 Å². The van der Waals surface area contributed by atoms with Crippen molar-refractivity contribution in [1.82, 2.24) is 10.6 Å². The summed E-state index contributed by atoms with van der Waals surface area (Å²) in [7, 11) is 1.32. The normalized spacial score (nSPS) is 11.3. The Morgan fingerprint density at radius 1 is 1.00 bits per heavy atom. The Hall–Kier alpha value is -3.15. The van der Waals surface area contributed by atoms with Crippen molar-refractivity contribution in [2.45, 2.75) is 25.9 Å². The monoisotopic (exact) mass is 354 g/mol. The topological polar surface area (TPSA) is 84.5 Å². The molecule has 0 aliphatic carbocycles. The van der Waals surface area contributed by atoms with Crippen LogP contribution in [0.4, 0.5) is 0 Å². The predicted octanol–water partition coefficient (Wildman–Crippen LogP) is 2.36. The molecule has 0 saturated carbocycles. The lowest BCUT2D eigenvalue weighted by molar-refractivity contribution is -0.141. The van der Waals surface area contributed by atoms with Crippen LogP contribution in [0.3, 0.4) is 0 Å². The van der Waals surface area contributed by atoms with Crippen molar-refractivity contribution in [3.05, 3.63) is 71.3 Å². The number of amides is 2. The van der Waals surface area contributed by atoms with Gasteiger partial charge in [-0.25, -0.2) is 0 Å². The average Bonchev–Trinajstić information content (AvgIpc) is 2.66. The van der Waals surface area contributed by atoms with Gasteiger partial charge in [0, 0.05) is 19.0 Å². The summed E-state index contributed by atoms with van der Waals surface area (Å²) in [6.07, 6.45) is 0.0485. The van der Waals surface area contributed by atoms with E-state index in [2.05, 4.69) is 10.6 Å². The molecule has 0 aliphatic rings. The second kappa shape index (κ2) is 9.36. The highest BCUT2D eigenvalue weighted by Crippen LogP contribution is 2.18. The van der Waals surface area contributed by atoms with Gasteiger partial charge < -0.3 is 15.4 Å². The summed E-state index contributed by atoms with van der Waals surface area (Å²) in [4.78, 5) is 35.2. The highest BCUT2D eigenvalue weighted by molar-refractivity contribution is 5.94. The highest BCUT2D eigenvalue weighted by Gasteiger charge is 2.19. The third kappa shape index (κ3) is 5.73. The van der Waals surface area contributed by atoms with Gasteiger partial charge in [0.15, 0.2) is 0 Å². The number of esters is 1. The van der Waals surface area contributed by atoms with Crippen LogP contribution in [0.2, 0.25) is 0 Å². The van der Waals surface area contributed by atoms with Crippen LogP contribution >= 0.6 is 0 Å². The van der Waals surface area contributed by atoms with Gasteiger partial charge in [-0.2, -0.15) is 0 Å². The fourth-order valence-corrected chi connectivity index (χ4v) is 2.43. The maximum absolute atomic E-state index is 12.5. The molecular formula is C20H22N2O4. The molecule has 0 bridgehead atoms.